The van der Waals surface area contributed by atoms with Crippen molar-refractivity contribution in [1.29, 1.82) is 0 Å². The third kappa shape index (κ3) is 3.60. The minimum absolute atomic E-state index is 1.07. The van der Waals surface area contributed by atoms with Gasteiger partial charge in [0, 0.05) is 19.8 Å². The van der Waals surface area contributed by atoms with Gasteiger partial charge in [0.1, 0.15) is 0 Å². The Hall–Kier alpha value is -1.28. The summed E-state index contributed by atoms with van der Waals surface area (Å²) in [5.74, 6) is 0. The third-order valence-corrected chi connectivity index (χ3v) is 3.32. The molecule has 92 valence electrons. The predicted molar refractivity (Wildman–Crippen MR) is 74.7 cm³/mol. The van der Waals surface area contributed by atoms with Crippen molar-refractivity contribution in [2.75, 3.05) is 32.1 Å². The van der Waals surface area contributed by atoms with Crippen molar-refractivity contribution < 1.29 is 0 Å². The number of benzene rings is 1. The van der Waals surface area contributed by atoms with Crippen molar-refractivity contribution in [2.45, 2.75) is 19.3 Å². The highest BCUT2D eigenvalue weighted by atomic mass is 15.1. The van der Waals surface area contributed by atoms with E-state index < -0.39 is 0 Å². The number of nitrogens with zero attached hydrogens (tertiary/aromatic N) is 1. The lowest BCUT2D eigenvalue weighted by Crippen LogP contribution is -2.23. The van der Waals surface area contributed by atoms with Crippen LogP contribution in [0.25, 0.3) is 0 Å². The maximum atomic E-state index is 3.39. The van der Waals surface area contributed by atoms with E-state index in [0.717, 1.165) is 19.5 Å². The van der Waals surface area contributed by atoms with Crippen molar-refractivity contribution in [2.24, 2.45) is 0 Å². The van der Waals surface area contributed by atoms with Crippen molar-refractivity contribution in [3.8, 4) is 0 Å². The number of piperidine rings is 1. The average molecular weight is 230 g/mol. The molecule has 1 saturated heterocycles. The zero-order valence-electron chi connectivity index (χ0n) is 10.9. The molecule has 1 N–H and O–H groups in total. The van der Waals surface area contributed by atoms with E-state index in [2.05, 4.69) is 54.7 Å². The Kier molecular flexibility index (Phi) is 4.21. The summed E-state index contributed by atoms with van der Waals surface area (Å²) in [5.41, 5.74) is 4.28. The van der Waals surface area contributed by atoms with E-state index in [0.29, 0.717) is 0 Å². The summed E-state index contributed by atoms with van der Waals surface area (Å²) in [7, 11) is 4.15. The van der Waals surface area contributed by atoms with Gasteiger partial charge in [-0.15, -0.1) is 0 Å². The summed E-state index contributed by atoms with van der Waals surface area (Å²) >= 11 is 0. The molecule has 17 heavy (non-hydrogen) atoms. The summed E-state index contributed by atoms with van der Waals surface area (Å²) in [6, 6.07) is 8.84. The largest absolute Gasteiger partial charge is 0.378 e. The number of rotatable bonds is 3. The molecule has 0 saturated carbocycles. The van der Waals surface area contributed by atoms with Crippen LogP contribution in [-0.4, -0.2) is 27.2 Å². The Morgan fingerprint density at radius 1 is 1.12 bits per heavy atom. The summed E-state index contributed by atoms with van der Waals surface area (Å²) in [6.07, 6.45) is 5.92. The molecule has 2 heteroatoms. The van der Waals surface area contributed by atoms with E-state index in [4.69, 9.17) is 0 Å². The van der Waals surface area contributed by atoms with E-state index >= 15 is 0 Å². The Morgan fingerprint density at radius 3 is 2.35 bits per heavy atom. The van der Waals surface area contributed by atoms with Gasteiger partial charge in [0.15, 0.2) is 0 Å². The molecule has 1 aromatic rings. The SMILES string of the molecule is CN(C)c1ccc(CC=C2CCNCC2)cc1. The van der Waals surface area contributed by atoms with Gasteiger partial charge in [0.2, 0.25) is 0 Å². The molecule has 1 heterocycles. The normalized spacial score (nSPS) is 15.8. The van der Waals surface area contributed by atoms with E-state index in [1.54, 1.807) is 5.57 Å². The van der Waals surface area contributed by atoms with Crippen LogP contribution >= 0.6 is 0 Å². The van der Waals surface area contributed by atoms with Gasteiger partial charge >= 0.3 is 0 Å². The molecule has 1 aliphatic heterocycles. The minimum Gasteiger partial charge on any atom is -0.378 e. The van der Waals surface area contributed by atoms with Crippen LogP contribution in [0.4, 0.5) is 5.69 Å². The van der Waals surface area contributed by atoms with Gasteiger partial charge in [0.25, 0.3) is 0 Å². The molecule has 0 aromatic heterocycles. The Labute approximate surface area is 104 Å². The maximum Gasteiger partial charge on any atom is 0.0361 e. The van der Waals surface area contributed by atoms with Crippen LogP contribution in [0, 0.1) is 0 Å². The second-order valence-corrected chi connectivity index (χ2v) is 4.88. The number of anilines is 1. The Morgan fingerprint density at radius 2 is 1.76 bits per heavy atom. The van der Waals surface area contributed by atoms with Crippen molar-refractivity contribution in [3.05, 3.63) is 41.5 Å². The van der Waals surface area contributed by atoms with Gasteiger partial charge in [-0.2, -0.15) is 0 Å². The predicted octanol–water partition coefficient (Wildman–Crippen LogP) is 2.60. The lowest BCUT2D eigenvalue weighted by molar-refractivity contribution is 0.608. The average Bonchev–Trinajstić information content (AvgIpc) is 2.38. The van der Waals surface area contributed by atoms with Gasteiger partial charge in [-0.05, 0) is 50.0 Å². The zero-order chi connectivity index (χ0) is 12.1. The molecule has 1 aromatic carbocycles. The highest BCUT2D eigenvalue weighted by Crippen LogP contribution is 2.15. The van der Waals surface area contributed by atoms with Crippen molar-refractivity contribution in [3.63, 3.8) is 0 Å². The zero-order valence-corrected chi connectivity index (χ0v) is 10.9. The van der Waals surface area contributed by atoms with Gasteiger partial charge in [-0.3, -0.25) is 0 Å². The Balaban J connectivity index is 1.94. The van der Waals surface area contributed by atoms with Crippen LogP contribution in [0.15, 0.2) is 35.9 Å². The quantitative estimate of drug-likeness (QED) is 0.803. The summed E-state index contributed by atoms with van der Waals surface area (Å²) in [6.45, 7) is 2.29. The van der Waals surface area contributed by atoms with E-state index in [-0.39, 0.29) is 0 Å². The smallest absolute Gasteiger partial charge is 0.0361 e. The minimum atomic E-state index is 1.07. The van der Waals surface area contributed by atoms with Gasteiger partial charge in [0.05, 0.1) is 0 Å². The molecular weight excluding hydrogens is 208 g/mol. The summed E-state index contributed by atoms with van der Waals surface area (Å²) in [5, 5.41) is 3.39. The highest BCUT2D eigenvalue weighted by molar-refractivity contribution is 5.46. The monoisotopic (exact) mass is 230 g/mol. The summed E-state index contributed by atoms with van der Waals surface area (Å²) < 4.78 is 0. The fourth-order valence-corrected chi connectivity index (χ4v) is 2.14. The van der Waals surface area contributed by atoms with Gasteiger partial charge in [-0.1, -0.05) is 23.8 Å². The van der Waals surface area contributed by atoms with Crippen LogP contribution in [0.2, 0.25) is 0 Å². The van der Waals surface area contributed by atoms with Crippen molar-refractivity contribution in [1.82, 2.24) is 5.32 Å². The fourth-order valence-electron chi connectivity index (χ4n) is 2.14. The Bertz CT molecular complexity index is 368. The molecule has 0 aliphatic carbocycles. The van der Waals surface area contributed by atoms with E-state index in [9.17, 15) is 0 Å². The number of allylic oxidation sites excluding steroid dienone is 1. The van der Waals surface area contributed by atoms with Crippen LogP contribution < -0.4 is 10.2 Å². The highest BCUT2D eigenvalue weighted by Gasteiger charge is 2.03. The van der Waals surface area contributed by atoms with E-state index in [1.165, 1.54) is 24.1 Å². The summed E-state index contributed by atoms with van der Waals surface area (Å²) in [4.78, 5) is 2.13. The lowest BCUT2D eigenvalue weighted by atomic mass is 10.0. The van der Waals surface area contributed by atoms with Crippen LogP contribution in [-0.2, 0) is 6.42 Å². The number of hydrogen-bond donors (Lipinski definition) is 1. The topological polar surface area (TPSA) is 15.3 Å². The first-order valence-electron chi connectivity index (χ1n) is 6.40. The van der Waals surface area contributed by atoms with Crippen LogP contribution in [0.3, 0.4) is 0 Å². The molecule has 0 amide bonds. The first-order chi connectivity index (χ1) is 8.25. The van der Waals surface area contributed by atoms with Crippen molar-refractivity contribution >= 4 is 5.69 Å². The second-order valence-electron chi connectivity index (χ2n) is 4.88. The molecule has 0 atom stereocenters. The molecule has 0 bridgehead atoms. The molecule has 0 spiro atoms. The molecule has 2 rings (SSSR count). The molecule has 1 aliphatic rings. The van der Waals surface area contributed by atoms with Crippen LogP contribution in [0.5, 0.6) is 0 Å². The van der Waals surface area contributed by atoms with Gasteiger partial charge in [-0.25, -0.2) is 0 Å². The molecular formula is C15H22N2. The first kappa shape index (κ1) is 12.2. The fraction of sp³-hybridized carbons (Fsp3) is 0.467. The molecule has 0 radical (unpaired) electrons. The number of hydrogen-bond acceptors (Lipinski definition) is 2. The molecule has 1 fully saturated rings. The standard InChI is InChI=1S/C15H22N2/c1-17(2)15-7-5-13(6-8-15)3-4-14-9-11-16-12-10-14/h4-8,16H,3,9-12H2,1-2H3. The number of nitrogens with one attached hydrogen (secondary N) is 1. The molecule has 2 nitrogen and oxygen atoms in total. The third-order valence-electron chi connectivity index (χ3n) is 3.32. The second kappa shape index (κ2) is 5.87. The van der Waals surface area contributed by atoms with Crippen LogP contribution in [0.1, 0.15) is 18.4 Å². The van der Waals surface area contributed by atoms with Gasteiger partial charge < -0.3 is 10.2 Å². The molecule has 0 unspecified atom stereocenters. The maximum absolute atomic E-state index is 3.39. The van der Waals surface area contributed by atoms with E-state index in [1.807, 2.05) is 0 Å². The lowest BCUT2D eigenvalue weighted by Gasteiger charge is -2.15. The first-order valence-corrected chi connectivity index (χ1v) is 6.40.